The number of para-hydroxylation sites is 2. The lowest BCUT2D eigenvalue weighted by Gasteiger charge is -2.55. The van der Waals surface area contributed by atoms with Gasteiger partial charge in [0.1, 0.15) is 5.92 Å². The number of anilines is 1. The van der Waals surface area contributed by atoms with E-state index in [0.29, 0.717) is 16.6 Å². The van der Waals surface area contributed by atoms with Crippen LogP contribution in [0, 0.1) is 12.8 Å². The number of ether oxygens (including phenoxy) is 3. The van der Waals surface area contributed by atoms with Gasteiger partial charge in [0.25, 0.3) is 0 Å². The van der Waals surface area contributed by atoms with Crippen LogP contribution in [0.25, 0.3) is 0 Å². The minimum Gasteiger partial charge on any atom is -0.493 e. The van der Waals surface area contributed by atoms with E-state index in [9.17, 15) is 4.79 Å². The van der Waals surface area contributed by atoms with Crippen molar-refractivity contribution in [3.63, 3.8) is 0 Å². The summed E-state index contributed by atoms with van der Waals surface area (Å²) in [5.74, 6) is 0.257. The highest BCUT2D eigenvalue weighted by molar-refractivity contribution is 7.80. The molecule has 1 N–H and O–H groups in total. The number of hydrogen-bond donors (Lipinski definition) is 1. The lowest BCUT2D eigenvalue weighted by atomic mass is 9.79. The van der Waals surface area contributed by atoms with E-state index >= 15 is 0 Å². The van der Waals surface area contributed by atoms with Gasteiger partial charge < -0.3 is 19.5 Å². The molecule has 152 valence electrons. The zero-order chi connectivity index (χ0) is 20.8. The molecule has 2 bridgehead atoms. The van der Waals surface area contributed by atoms with E-state index in [1.807, 2.05) is 61.2 Å². The number of nitrogens with one attached hydrogen (secondary N) is 1. The summed E-state index contributed by atoms with van der Waals surface area (Å²) in [6.45, 7) is 5.98. The Morgan fingerprint density at radius 3 is 2.72 bits per heavy atom. The van der Waals surface area contributed by atoms with Crippen molar-refractivity contribution in [1.29, 1.82) is 0 Å². The van der Waals surface area contributed by atoms with Gasteiger partial charge >= 0.3 is 5.97 Å². The Morgan fingerprint density at radius 2 is 2.03 bits per heavy atom. The van der Waals surface area contributed by atoms with E-state index in [4.69, 9.17) is 26.4 Å². The largest absolute Gasteiger partial charge is 0.493 e. The normalized spacial score (nSPS) is 24.8. The van der Waals surface area contributed by atoms with Gasteiger partial charge in [-0.1, -0.05) is 30.3 Å². The van der Waals surface area contributed by atoms with Crippen LogP contribution in [0.1, 0.15) is 31.0 Å². The second kappa shape index (κ2) is 7.22. The van der Waals surface area contributed by atoms with Gasteiger partial charge in [-0.05, 0) is 50.7 Å². The molecule has 0 spiro atoms. The van der Waals surface area contributed by atoms with E-state index < -0.39 is 11.6 Å². The first kappa shape index (κ1) is 19.5. The number of carbonyl (C=O) groups is 1. The Morgan fingerprint density at radius 1 is 1.28 bits per heavy atom. The number of rotatable bonds is 4. The van der Waals surface area contributed by atoms with Crippen LogP contribution in [0.3, 0.4) is 0 Å². The molecule has 2 aliphatic heterocycles. The van der Waals surface area contributed by atoms with Crippen LogP contribution in [0.4, 0.5) is 5.69 Å². The maximum Gasteiger partial charge on any atom is 0.317 e. The average Bonchev–Trinajstić information content (AvgIpc) is 2.68. The van der Waals surface area contributed by atoms with Gasteiger partial charge in [0.05, 0.1) is 19.8 Å². The van der Waals surface area contributed by atoms with Gasteiger partial charge in [-0.2, -0.15) is 0 Å². The first-order chi connectivity index (χ1) is 13.9. The zero-order valence-corrected chi connectivity index (χ0v) is 17.7. The number of carbonyl (C=O) groups excluding carboxylic acids is 1. The van der Waals surface area contributed by atoms with Gasteiger partial charge in [0, 0.05) is 11.3 Å². The zero-order valence-electron chi connectivity index (χ0n) is 16.9. The Bertz CT molecular complexity index is 979. The fourth-order valence-corrected chi connectivity index (χ4v) is 4.71. The van der Waals surface area contributed by atoms with Crippen molar-refractivity contribution in [1.82, 2.24) is 5.32 Å². The number of methoxy groups -OCH3 is 1. The summed E-state index contributed by atoms with van der Waals surface area (Å²) in [5, 5.41) is 3.87. The highest BCUT2D eigenvalue weighted by Crippen LogP contribution is 2.52. The summed E-state index contributed by atoms with van der Waals surface area (Å²) in [6, 6.07) is 13.1. The quantitative estimate of drug-likeness (QED) is 0.607. The molecule has 29 heavy (non-hydrogen) atoms. The molecule has 3 unspecified atom stereocenters. The standard InChI is InChI=1S/C22H24N2O4S/c1-5-27-20(25)17-18-14-10-8-12-16(26-4)19(14)28-22(17,3)24(21(29)23-18)15-11-7-6-9-13(15)2/h6-12,17-18H,5H2,1-4H3,(H,23,29). The van der Waals surface area contributed by atoms with Crippen LogP contribution < -0.4 is 19.7 Å². The van der Waals surface area contributed by atoms with Crippen LogP contribution in [0.5, 0.6) is 11.5 Å². The summed E-state index contributed by atoms with van der Waals surface area (Å²) in [5.41, 5.74) is 1.63. The predicted molar refractivity (Wildman–Crippen MR) is 114 cm³/mol. The number of esters is 1. The number of benzene rings is 2. The van der Waals surface area contributed by atoms with Crippen molar-refractivity contribution in [3.8, 4) is 11.5 Å². The smallest absolute Gasteiger partial charge is 0.317 e. The van der Waals surface area contributed by atoms with Crippen LogP contribution in [-0.4, -0.2) is 30.5 Å². The van der Waals surface area contributed by atoms with E-state index in [0.717, 1.165) is 16.8 Å². The molecule has 0 saturated carbocycles. The maximum atomic E-state index is 13.1. The number of thiocarbonyl (C=S) groups is 1. The molecule has 0 aromatic heterocycles. The summed E-state index contributed by atoms with van der Waals surface area (Å²) < 4.78 is 17.5. The maximum absolute atomic E-state index is 13.1. The Hall–Kier alpha value is -2.80. The summed E-state index contributed by atoms with van der Waals surface area (Å²) >= 11 is 5.74. The molecule has 2 aromatic carbocycles. The number of fused-ring (bicyclic) bond motifs is 4. The third kappa shape index (κ3) is 2.92. The van der Waals surface area contributed by atoms with Gasteiger partial charge in [0.15, 0.2) is 16.6 Å². The lowest BCUT2D eigenvalue weighted by molar-refractivity contribution is -0.159. The van der Waals surface area contributed by atoms with Crippen molar-refractivity contribution in [2.75, 3.05) is 18.6 Å². The minimum atomic E-state index is -1.09. The van der Waals surface area contributed by atoms with Crippen molar-refractivity contribution >= 4 is 29.0 Å². The van der Waals surface area contributed by atoms with Gasteiger partial charge in [0.2, 0.25) is 5.72 Å². The Balaban J connectivity index is 1.94. The molecular weight excluding hydrogens is 388 g/mol. The first-order valence-corrected chi connectivity index (χ1v) is 10.0. The molecular formula is C22H24N2O4S. The topological polar surface area (TPSA) is 60.0 Å². The highest BCUT2D eigenvalue weighted by atomic mass is 32.1. The van der Waals surface area contributed by atoms with Crippen molar-refractivity contribution in [2.45, 2.75) is 32.5 Å². The molecule has 3 atom stereocenters. The molecule has 2 heterocycles. The van der Waals surface area contributed by atoms with Gasteiger partial charge in [-0.15, -0.1) is 0 Å². The van der Waals surface area contributed by atoms with Gasteiger partial charge in [-0.3, -0.25) is 9.69 Å². The van der Waals surface area contributed by atoms with Crippen molar-refractivity contribution < 1.29 is 19.0 Å². The Kier molecular flexibility index (Phi) is 4.86. The SMILES string of the molecule is CCOC(=O)C1C2NC(=S)N(c3ccccc3C)C1(C)Oc1c(OC)cccc12. The molecule has 0 amide bonds. The second-order valence-corrected chi connectivity index (χ2v) is 7.70. The van der Waals surface area contributed by atoms with Crippen molar-refractivity contribution in [2.24, 2.45) is 5.92 Å². The highest BCUT2D eigenvalue weighted by Gasteiger charge is 2.60. The van der Waals surface area contributed by atoms with Crippen LogP contribution in [0.15, 0.2) is 42.5 Å². The van der Waals surface area contributed by atoms with E-state index in [1.54, 1.807) is 14.0 Å². The monoisotopic (exact) mass is 412 g/mol. The molecule has 1 fully saturated rings. The third-order valence-corrected chi connectivity index (χ3v) is 5.91. The molecule has 0 aliphatic carbocycles. The summed E-state index contributed by atoms with van der Waals surface area (Å²) in [4.78, 5) is 15.0. The minimum absolute atomic E-state index is 0.290. The average molecular weight is 413 g/mol. The molecule has 2 aliphatic rings. The molecule has 6 nitrogen and oxygen atoms in total. The van der Waals surface area contributed by atoms with Crippen LogP contribution in [-0.2, 0) is 9.53 Å². The van der Waals surface area contributed by atoms with E-state index in [-0.39, 0.29) is 18.6 Å². The Labute approximate surface area is 175 Å². The predicted octanol–water partition coefficient (Wildman–Crippen LogP) is 3.73. The summed E-state index contributed by atoms with van der Waals surface area (Å²) in [7, 11) is 1.60. The lowest BCUT2D eigenvalue weighted by Crippen LogP contribution is -2.72. The van der Waals surface area contributed by atoms with Gasteiger partial charge in [-0.25, -0.2) is 0 Å². The third-order valence-electron chi connectivity index (χ3n) is 5.61. The molecule has 7 heteroatoms. The molecule has 2 aromatic rings. The molecule has 4 rings (SSSR count). The van der Waals surface area contributed by atoms with E-state index in [1.165, 1.54) is 0 Å². The number of nitrogens with zero attached hydrogens (tertiary/aromatic N) is 1. The fourth-order valence-electron chi connectivity index (χ4n) is 4.30. The van der Waals surface area contributed by atoms with Crippen molar-refractivity contribution in [3.05, 3.63) is 53.6 Å². The fraction of sp³-hybridized carbons (Fsp3) is 0.364. The first-order valence-electron chi connectivity index (χ1n) is 9.61. The van der Waals surface area contributed by atoms with E-state index in [2.05, 4.69) is 5.32 Å². The summed E-state index contributed by atoms with van der Waals surface area (Å²) in [6.07, 6.45) is 0. The number of hydrogen-bond acceptors (Lipinski definition) is 5. The second-order valence-electron chi connectivity index (χ2n) is 7.31. The van der Waals surface area contributed by atoms with Crippen LogP contribution in [0.2, 0.25) is 0 Å². The number of aryl methyl sites for hydroxylation is 1. The molecule has 0 radical (unpaired) electrons. The molecule has 1 saturated heterocycles. The van der Waals surface area contributed by atoms with Crippen LogP contribution >= 0.6 is 12.2 Å².